The van der Waals surface area contributed by atoms with Crippen molar-refractivity contribution in [2.24, 2.45) is 0 Å². The molecule has 7 heteroatoms. The second-order valence-corrected chi connectivity index (χ2v) is 7.24. The highest BCUT2D eigenvalue weighted by atomic mass is 32.1. The molecular formula is C20H19F3N2OS. The molecule has 0 amide bonds. The molecule has 2 aromatic heterocycles. The molecule has 0 aliphatic heterocycles. The predicted octanol–water partition coefficient (Wildman–Crippen LogP) is 5.80. The maximum Gasteiger partial charge on any atom is 0.433 e. The summed E-state index contributed by atoms with van der Waals surface area (Å²) in [6, 6.07) is 10.4. The zero-order valence-corrected chi connectivity index (χ0v) is 15.8. The van der Waals surface area contributed by atoms with E-state index in [1.54, 1.807) is 6.07 Å². The molecule has 0 unspecified atom stereocenters. The smallest absolute Gasteiger partial charge is 0.433 e. The van der Waals surface area contributed by atoms with E-state index in [2.05, 4.69) is 9.97 Å². The summed E-state index contributed by atoms with van der Waals surface area (Å²) in [6.45, 7) is 3.95. The van der Waals surface area contributed by atoms with Crippen LogP contribution < -0.4 is 4.74 Å². The third kappa shape index (κ3) is 5.29. The second kappa shape index (κ2) is 8.08. The molecule has 0 fully saturated rings. The highest BCUT2D eigenvalue weighted by Gasteiger charge is 2.32. The Hall–Kier alpha value is -2.41. The maximum atomic E-state index is 12.7. The van der Waals surface area contributed by atoms with E-state index < -0.39 is 11.9 Å². The molecule has 0 saturated heterocycles. The van der Waals surface area contributed by atoms with Crippen molar-refractivity contribution >= 4 is 11.3 Å². The summed E-state index contributed by atoms with van der Waals surface area (Å²) >= 11 is 1.52. The minimum absolute atomic E-state index is 0.119. The van der Waals surface area contributed by atoms with E-state index in [1.807, 2.05) is 43.5 Å². The van der Waals surface area contributed by atoms with Crippen molar-refractivity contribution in [1.29, 1.82) is 0 Å². The van der Waals surface area contributed by atoms with Crippen LogP contribution in [0.4, 0.5) is 13.2 Å². The molecule has 3 rings (SSSR count). The summed E-state index contributed by atoms with van der Waals surface area (Å²) in [6.07, 6.45) is -2.04. The quantitative estimate of drug-likeness (QED) is 0.532. The average Bonchev–Trinajstić information content (AvgIpc) is 3.09. The van der Waals surface area contributed by atoms with Crippen molar-refractivity contribution in [3.63, 3.8) is 0 Å². The fourth-order valence-electron chi connectivity index (χ4n) is 2.56. The molecule has 1 aromatic carbocycles. The standard InChI is InChI=1S/C20H19F3N2OS/c1-13(2)26-17-7-4-15(5-8-17)19-25-16(12-27-19)6-3-14-9-10-24-18(11-14)20(21,22)23/h4-5,7-13H,3,6H2,1-2H3. The van der Waals surface area contributed by atoms with E-state index in [1.165, 1.54) is 17.5 Å². The molecule has 27 heavy (non-hydrogen) atoms. The Labute approximate surface area is 159 Å². The van der Waals surface area contributed by atoms with Crippen LogP contribution in [-0.2, 0) is 19.0 Å². The lowest BCUT2D eigenvalue weighted by Gasteiger charge is -2.09. The van der Waals surface area contributed by atoms with E-state index in [4.69, 9.17) is 4.74 Å². The van der Waals surface area contributed by atoms with Crippen LogP contribution in [0.15, 0.2) is 48.0 Å². The minimum Gasteiger partial charge on any atom is -0.491 e. The number of hydrogen-bond donors (Lipinski definition) is 0. The molecule has 0 aliphatic carbocycles. The SMILES string of the molecule is CC(C)Oc1ccc(-c2nc(CCc3ccnc(C(F)(F)F)c3)cs2)cc1. The molecule has 0 radical (unpaired) electrons. The number of ether oxygens (including phenoxy) is 1. The Bertz CT molecular complexity index is 889. The zero-order valence-electron chi connectivity index (χ0n) is 15.0. The lowest BCUT2D eigenvalue weighted by molar-refractivity contribution is -0.141. The van der Waals surface area contributed by atoms with Gasteiger partial charge in [-0.1, -0.05) is 0 Å². The first-order valence-corrected chi connectivity index (χ1v) is 9.43. The highest BCUT2D eigenvalue weighted by Crippen LogP contribution is 2.29. The molecule has 0 N–H and O–H groups in total. The van der Waals surface area contributed by atoms with E-state index >= 15 is 0 Å². The van der Waals surface area contributed by atoms with Crippen molar-refractivity contribution in [2.75, 3.05) is 0 Å². The Morgan fingerprint density at radius 2 is 1.81 bits per heavy atom. The predicted molar refractivity (Wildman–Crippen MR) is 100.0 cm³/mol. The molecule has 0 bridgehead atoms. The van der Waals surface area contributed by atoms with Crippen LogP contribution in [0.2, 0.25) is 0 Å². The zero-order chi connectivity index (χ0) is 19.4. The van der Waals surface area contributed by atoms with Gasteiger partial charge in [0, 0.05) is 17.1 Å². The van der Waals surface area contributed by atoms with Gasteiger partial charge >= 0.3 is 6.18 Å². The number of pyridine rings is 1. The van der Waals surface area contributed by atoms with Crippen molar-refractivity contribution < 1.29 is 17.9 Å². The van der Waals surface area contributed by atoms with Crippen molar-refractivity contribution in [3.8, 4) is 16.3 Å². The number of aryl methyl sites for hydroxylation is 2. The first-order chi connectivity index (χ1) is 12.8. The monoisotopic (exact) mass is 392 g/mol. The summed E-state index contributed by atoms with van der Waals surface area (Å²) in [5, 5.41) is 2.83. The summed E-state index contributed by atoms with van der Waals surface area (Å²) in [7, 11) is 0. The lowest BCUT2D eigenvalue weighted by Crippen LogP contribution is -2.08. The van der Waals surface area contributed by atoms with E-state index in [0.717, 1.165) is 28.1 Å². The van der Waals surface area contributed by atoms with Gasteiger partial charge in [0.25, 0.3) is 0 Å². The molecule has 2 heterocycles. The largest absolute Gasteiger partial charge is 0.491 e. The molecule has 3 nitrogen and oxygen atoms in total. The van der Waals surface area contributed by atoms with Gasteiger partial charge in [0.1, 0.15) is 16.5 Å². The van der Waals surface area contributed by atoms with Gasteiger partial charge in [-0.3, -0.25) is 4.98 Å². The van der Waals surface area contributed by atoms with Crippen LogP contribution in [0, 0.1) is 0 Å². The normalized spacial score (nSPS) is 11.8. The Morgan fingerprint density at radius 1 is 1.07 bits per heavy atom. The molecule has 0 atom stereocenters. The second-order valence-electron chi connectivity index (χ2n) is 6.38. The molecule has 142 valence electrons. The number of benzene rings is 1. The molecule has 0 aliphatic rings. The summed E-state index contributed by atoms with van der Waals surface area (Å²) in [5.74, 6) is 0.809. The average molecular weight is 392 g/mol. The van der Waals surface area contributed by atoms with Gasteiger partial charge in [0.15, 0.2) is 0 Å². The van der Waals surface area contributed by atoms with Gasteiger partial charge < -0.3 is 4.74 Å². The van der Waals surface area contributed by atoms with Crippen LogP contribution in [-0.4, -0.2) is 16.1 Å². The Balaban J connectivity index is 1.65. The van der Waals surface area contributed by atoms with E-state index in [9.17, 15) is 13.2 Å². The van der Waals surface area contributed by atoms with Gasteiger partial charge in [-0.15, -0.1) is 11.3 Å². The van der Waals surface area contributed by atoms with Gasteiger partial charge in [-0.05, 0) is 68.7 Å². The van der Waals surface area contributed by atoms with Gasteiger partial charge in [0.05, 0.1) is 11.8 Å². The summed E-state index contributed by atoms with van der Waals surface area (Å²) in [4.78, 5) is 7.98. The van der Waals surface area contributed by atoms with E-state index in [0.29, 0.717) is 18.4 Å². The topological polar surface area (TPSA) is 35.0 Å². The van der Waals surface area contributed by atoms with Crippen molar-refractivity contribution in [3.05, 3.63) is 64.9 Å². The fraction of sp³-hybridized carbons (Fsp3) is 0.300. The number of hydrogen-bond acceptors (Lipinski definition) is 4. The number of nitrogens with zero attached hydrogens (tertiary/aromatic N) is 2. The van der Waals surface area contributed by atoms with Crippen molar-refractivity contribution in [1.82, 2.24) is 9.97 Å². The maximum absolute atomic E-state index is 12.7. The van der Waals surface area contributed by atoms with Crippen LogP contribution in [0.3, 0.4) is 0 Å². The van der Waals surface area contributed by atoms with E-state index in [-0.39, 0.29) is 6.10 Å². The van der Waals surface area contributed by atoms with Gasteiger partial charge in [0.2, 0.25) is 0 Å². The Kier molecular flexibility index (Phi) is 5.79. The van der Waals surface area contributed by atoms with Gasteiger partial charge in [-0.2, -0.15) is 13.2 Å². The van der Waals surface area contributed by atoms with Gasteiger partial charge in [-0.25, -0.2) is 4.98 Å². The summed E-state index contributed by atoms with van der Waals surface area (Å²) in [5.41, 5.74) is 1.60. The number of thiazole rings is 1. The molecule has 3 aromatic rings. The first-order valence-electron chi connectivity index (χ1n) is 8.55. The minimum atomic E-state index is -4.42. The third-order valence-corrected chi connectivity index (χ3v) is 4.75. The number of rotatable bonds is 6. The highest BCUT2D eigenvalue weighted by molar-refractivity contribution is 7.13. The van der Waals surface area contributed by atoms with Crippen LogP contribution in [0.1, 0.15) is 30.8 Å². The lowest BCUT2D eigenvalue weighted by atomic mass is 10.1. The van der Waals surface area contributed by atoms with Crippen LogP contribution >= 0.6 is 11.3 Å². The number of alkyl halides is 3. The Morgan fingerprint density at radius 3 is 2.48 bits per heavy atom. The fourth-order valence-corrected chi connectivity index (χ4v) is 3.42. The van der Waals surface area contributed by atoms with Crippen molar-refractivity contribution in [2.45, 2.75) is 39.0 Å². The first kappa shape index (κ1) is 19.4. The number of aromatic nitrogens is 2. The molecule has 0 saturated carbocycles. The number of halogens is 3. The van der Waals surface area contributed by atoms with Crippen LogP contribution in [0.25, 0.3) is 10.6 Å². The molecule has 0 spiro atoms. The van der Waals surface area contributed by atoms with Crippen LogP contribution in [0.5, 0.6) is 5.75 Å². The third-order valence-electron chi connectivity index (χ3n) is 3.81. The summed E-state index contributed by atoms with van der Waals surface area (Å²) < 4.78 is 43.8. The molecular weight excluding hydrogens is 373 g/mol.